The van der Waals surface area contributed by atoms with Crippen LogP contribution in [0.2, 0.25) is 0 Å². The van der Waals surface area contributed by atoms with Crippen molar-refractivity contribution in [2.24, 2.45) is 5.73 Å². The lowest BCUT2D eigenvalue weighted by Gasteiger charge is -2.23. The lowest BCUT2D eigenvalue weighted by Crippen LogP contribution is -2.56. The smallest absolute Gasteiger partial charge is 0.326 e. The molecule has 0 spiro atoms. The molecule has 2 aromatic carbocycles. The molecule has 0 heterocycles. The molecule has 160 valence electrons. The van der Waals surface area contributed by atoms with Crippen molar-refractivity contribution in [3.8, 4) is 5.75 Å². The van der Waals surface area contributed by atoms with Crippen LogP contribution in [-0.2, 0) is 27.2 Å². The molecule has 3 unspecified atom stereocenters. The molecule has 2 aromatic rings. The monoisotopic (exact) mass is 415 g/mol. The van der Waals surface area contributed by atoms with Crippen molar-refractivity contribution in [1.29, 1.82) is 0 Å². The molecule has 0 fully saturated rings. The van der Waals surface area contributed by atoms with Gasteiger partial charge in [0.2, 0.25) is 11.8 Å². The van der Waals surface area contributed by atoms with Crippen LogP contribution >= 0.6 is 0 Å². The van der Waals surface area contributed by atoms with Gasteiger partial charge in [0.15, 0.2) is 0 Å². The summed E-state index contributed by atoms with van der Waals surface area (Å²) in [6.07, 6.45) is 0.103. The van der Waals surface area contributed by atoms with E-state index in [4.69, 9.17) is 10.8 Å². The number of aliphatic hydroxyl groups excluding tert-OH is 1. The number of nitrogens with one attached hydrogen (secondary N) is 2. The van der Waals surface area contributed by atoms with Crippen molar-refractivity contribution in [2.45, 2.75) is 31.0 Å². The second-order valence-electron chi connectivity index (χ2n) is 6.81. The lowest BCUT2D eigenvalue weighted by molar-refractivity contribution is -0.142. The predicted octanol–water partition coefficient (Wildman–Crippen LogP) is -0.449. The fourth-order valence-corrected chi connectivity index (χ4v) is 2.76. The van der Waals surface area contributed by atoms with Crippen molar-refractivity contribution in [2.75, 3.05) is 6.61 Å². The third-order valence-electron chi connectivity index (χ3n) is 4.44. The fraction of sp³-hybridized carbons (Fsp3) is 0.286. The number of phenols is 1. The number of phenolic OH excluding ortho intramolecular Hbond substituents is 1. The highest BCUT2D eigenvalue weighted by atomic mass is 16.4. The van der Waals surface area contributed by atoms with E-state index in [-0.39, 0.29) is 18.6 Å². The number of carbonyl (C=O) groups is 3. The summed E-state index contributed by atoms with van der Waals surface area (Å²) in [6, 6.07) is 11.3. The van der Waals surface area contributed by atoms with E-state index in [1.807, 2.05) is 0 Å². The van der Waals surface area contributed by atoms with Crippen LogP contribution in [0, 0.1) is 0 Å². The van der Waals surface area contributed by atoms with Gasteiger partial charge in [0, 0.05) is 12.8 Å². The quantitative estimate of drug-likeness (QED) is 0.306. The molecule has 3 atom stereocenters. The highest BCUT2D eigenvalue weighted by molar-refractivity contribution is 5.92. The standard InChI is InChI=1S/C21H25N3O6/c22-16(12-25)19(27)23-17(10-13-4-2-1-3-5-13)20(28)24-18(21(29)30)11-14-6-8-15(26)9-7-14/h1-9,16-18,25-26H,10-12,22H2,(H,23,27)(H,24,28)(H,29,30). The first kappa shape index (κ1) is 22.9. The van der Waals surface area contributed by atoms with Gasteiger partial charge in [-0.15, -0.1) is 0 Å². The normalized spacial score (nSPS) is 13.7. The average molecular weight is 415 g/mol. The number of nitrogens with two attached hydrogens (primary N) is 1. The van der Waals surface area contributed by atoms with E-state index < -0.39 is 42.5 Å². The van der Waals surface area contributed by atoms with Crippen LogP contribution in [0.5, 0.6) is 5.75 Å². The Kier molecular flexibility index (Phi) is 8.33. The van der Waals surface area contributed by atoms with Crippen LogP contribution in [0.1, 0.15) is 11.1 Å². The second-order valence-corrected chi connectivity index (χ2v) is 6.81. The molecule has 7 N–H and O–H groups in total. The average Bonchev–Trinajstić information content (AvgIpc) is 2.74. The molecule has 2 amide bonds. The van der Waals surface area contributed by atoms with Crippen LogP contribution in [-0.4, -0.2) is 57.8 Å². The highest BCUT2D eigenvalue weighted by Gasteiger charge is 2.28. The first-order valence-corrected chi connectivity index (χ1v) is 9.32. The number of amides is 2. The summed E-state index contributed by atoms with van der Waals surface area (Å²) in [5, 5.41) is 32.8. The van der Waals surface area contributed by atoms with Gasteiger partial charge in [-0.3, -0.25) is 9.59 Å². The maximum Gasteiger partial charge on any atom is 0.326 e. The first-order chi connectivity index (χ1) is 14.3. The Bertz CT molecular complexity index is 857. The molecule has 0 aliphatic heterocycles. The Balaban J connectivity index is 2.15. The summed E-state index contributed by atoms with van der Waals surface area (Å²) in [5.41, 5.74) is 6.87. The molecule has 0 aliphatic carbocycles. The van der Waals surface area contributed by atoms with Gasteiger partial charge in [0.05, 0.1) is 6.61 Å². The second kappa shape index (κ2) is 10.9. The molecule has 0 saturated carbocycles. The predicted molar refractivity (Wildman–Crippen MR) is 109 cm³/mol. The molecule has 0 saturated heterocycles. The fourth-order valence-electron chi connectivity index (χ4n) is 2.76. The van der Waals surface area contributed by atoms with Crippen LogP contribution in [0.15, 0.2) is 54.6 Å². The number of benzene rings is 2. The zero-order valence-corrected chi connectivity index (χ0v) is 16.2. The van der Waals surface area contributed by atoms with Crippen LogP contribution in [0.3, 0.4) is 0 Å². The van der Waals surface area contributed by atoms with E-state index >= 15 is 0 Å². The number of rotatable bonds is 10. The molecular weight excluding hydrogens is 390 g/mol. The summed E-state index contributed by atoms with van der Waals surface area (Å²) in [6.45, 7) is -0.593. The molecule has 2 rings (SSSR count). The summed E-state index contributed by atoms with van der Waals surface area (Å²) < 4.78 is 0. The van der Waals surface area contributed by atoms with Gasteiger partial charge in [-0.25, -0.2) is 4.79 Å². The molecular formula is C21H25N3O6. The number of hydrogen-bond acceptors (Lipinski definition) is 6. The molecule has 30 heavy (non-hydrogen) atoms. The molecule has 0 bridgehead atoms. The first-order valence-electron chi connectivity index (χ1n) is 9.32. The van der Waals surface area contributed by atoms with Gasteiger partial charge in [-0.2, -0.15) is 0 Å². The maximum atomic E-state index is 12.8. The largest absolute Gasteiger partial charge is 0.508 e. The molecule has 0 aliphatic rings. The van der Waals surface area contributed by atoms with E-state index in [1.54, 1.807) is 42.5 Å². The van der Waals surface area contributed by atoms with Gasteiger partial charge in [0.1, 0.15) is 23.9 Å². The Labute approximate surface area is 173 Å². The Morgan fingerprint density at radius 2 is 1.37 bits per heavy atom. The van der Waals surface area contributed by atoms with Gasteiger partial charge in [-0.1, -0.05) is 42.5 Å². The number of carbonyl (C=O) groups excluding carboxylic acids is 2. The van der Waals surface area contributed by atoms with Gasteiger partial charge in [0.25, 0.3) is 0 Å². The van der Waals surface area contributed by atoms with Crippen LogP contribution < -0.4 is 16.4 Å². The van der Waals surface area contributed by atoms with E-state index in [9.17, 15) is 24.6 Å². The minimum Gasteiger partial charge on any atom is -0.508 e. The number of carboxylic acids is 1. The Morgan fingerprint density at radius 3 is 1.93 bits per heavy atom. The minimum absolute atomic E-state index is 0.0104. The zero-order chi connectivity index (χ0) is 22.1. The zero-order valence-electron chi connectivity index (χ0n) is 16.2. The van der Waals surface area contributed by atoms with Gasteiger partial charge >= 0.3 is 5.97 Å². The number of aliphatic hydroxyl groups is 1. The van der Waals surface area contributed by atoms with Crippen LogP contribution in [0.4, 0.5) is 0 Å². The number of aliphatic carboxylic acids is 1. The maximum absolute atomic E-state index is 12.8. The number of hydrogen-bond donors (Lipinski definition) is 6. The molecule has 0 radical (unpaired) electrons. The van der Waals surface area contributed by atoms with Crippen molar-refractivity contribution < 1.29 is 29.7 Å². The lowest BCUT2D eigenvalue weighted by atomic mass is 10.0. The Morgan fingerprint density at radius 1 is 0.833 bits per heavy atom. The topological polar surface area (TPSA) is 162 Å². The highest BCUT2D eigenvalue weighted by Crippen LogP contribution is 2.12. The van der Waals surface area contributed by atoms with E-state index in [1.165, 1.54) is 12.1 Å². The third-order valence-corrected chi connectivity index (χ3v) is 4.44. The summed E-state index contributed by atoms with van der Waals surface area (Å²) >= 11 is 0. The van der Waals surface area contributed by atoms with E-state index in [0.29, 0.717) is 5.56 Å². The van der Waals surface area contributed by atoms with Crippen LogP contribution in [0.25, 0.3) is 0 Å². The van der Waals surface area contributed by atoms with E-state index in [0.717, 1.165) is 5.56 Å². The van der Waals surface area contributed by atoms with Crippen molar-refractivity contribution >= 4 is 17.8 Å². The number of carboxylic acid groups (broad SMARTS) is 1. The Hall–Kier alpha value is -3.43. The van der Waals surface area contributed by atoms with Crippen molar-refractivity contribution in [1.82, 2.24) is 10.6 Å². The number of aromatic hydroxyl groups is 1. The third kappa shape index (κ3) is 6.87. The summed E-state index contributed by atoms with van der Waals surface area (Å²) in [5.74, 6) is -2.61. The van der Waals surface area contributed by atoms with Crippen molar-refractivity contribution in [3.63, 3.8) is 0 Å². The molecule has 0 aromatic heterocycles. The SMILES string of the molecule is NC(CO)C(=O)NC(Cc1ccccc1)C(=O)NC(Cc1ccc(O)cc1)C(=O)O. The molecule has 9 heteroatoms. The van der Waals surface area contributed by atoms with Gasteiger partial charge < -0.3 is 31.7 Å². The van der Waals surface area contributed by atoms with E-state index in [2.05, 4.69) is 10.6 Å². The van der Waals surface area contributed by atoms with Gasteiger partial charge in [-0.05, 0) is 23.3 Å². The van der Waals surface area contributed by atoms with Crippen molar-refractivity contribution in [3.05, 3.63) is 65.7 Å². The molecule has 9 nitrogen and oxygen atoms in total. The summed E-state index contributed by atoms with van der Waals surface area (Å²) in [4.78, 5) is 36.6. The summed E-state index contributed by atoms with van der Waals surface area (Å²) in [7, 11) is 0. The minimum atomic E-state index is -1.25.